The van der Waals surface area contributed by atoms with E-state index in [9.17, 15) is 13.2 Å². The van der Waals surface area contributed by atoms with Gasteiger partial charge < -0.3 is 5.32 Å². The van der Waals surface area contributed by atoms with Gasteiger partial charge in [0.05, 0.1) is 11.8 Å². The van der Waals surface area contributed by atoms with Crippen LogP contribution in [0.15, 0.2) is 36.4 Å². The van der Waals surface area contributed by atoms with Gasteiger partial charge in [-0.3, -0.25) is 4.79 Å². The molecule has 0 unspecified atom stereocenters. The molecule has 1 atom stereocenters. The minimum Gasteiger partial charge on any atom is -0.349 e. The fourth-order valence-electron chi connectivity index (χ4n) is 4.14. The maximum Gasteiger partial charge on any atom is 0.223 e. The first-order chi connectivity index (χ1) is 14.6. The van der Waals surface area contributed by atoms with Crippen LogP contribution in [0.3, 0.4) is 0 Å². The van der Waals surface area contributed by atoms with Gasteiger partial charge in [0.25, 0.3) is 0 Å². The zero-order chi connectivity index (χ0) is 22.8. The zero-order valence-electron chi connectivity index (χ0n) is 18.6. The molecular weight excluding hydrogens is 432 g/mol. The molecule has 2 aromatic rings. The summed E-state index contributed by atoms with van der Waals surface area (Å²) in [6.07, 6.45) is 1.06. The number of aryl methyl sites for hydroxylation is 3. The standard InChI is InChI=1S/C24H31ClN2O3S/c1-16-13-18(3)23(14-17(16)2)19(4)26-24(28)21-9-11-27(12-10-21)31(29,30)15-20-5-7-22(25)8-6-20/h5-8,13-14,19,21H,9-12,15H2,1-4H3,(H,26,28)/t19-/m0/s1. The van der Waals surface area contributed by atoms with Gasteiger partial charge in [0.15, 0.2) is 0 Å². The Morgan fingerprint density at radius 1 is 1.06 bits per heavy atom. The van der Waals surface area contributed by atoms with Crippen molar-refractivity contribution in [3.05, 3.63) is 69.2 Å². The quantitative estimate of drug-likeness (QED) is 0.677. The molecule has 3 rings (SSSR count). The highest BCUT2D eigenvalue weighted by atomic mass is 35.5. The van der Waals surface area contributed by atoms with Crippen LogP contribution >= 0.6 is 11.6 Å². The summed E-state index contributed by atoms with van der Waals surface area (Å²) in [6, 6.07) is 11.1. The van der Waals surface area contributed by atoms with Gasteiger partial charge >= 0.3 is 0 Å². The van der Waals surface area contributed by atoms with E-state index < -0.39 is 10.0 Å². The fourth-order valence-corrected chi connectivity index (χ4v) is 5.83. The molecular formula is C24H31ClN2O3S. The first kappa shape index (κ1) is 23.8. The third kappa shape index (κ3) is 5.88. The Labute approximate surface area is 190 Å². The molecule has 1 fully saturated rings. The molecule has 1 heterocycles. The number of piperidine rings is 1. The predicted octanol–water partition coefficient (Wildman–Crippen LogP) is 4.68. The Balaban J connectivity index is 1.57. The minimum absolute atomic E-state index is 0.000114. The van der Waals surface area contributed by atoms with Crippen LogP contribution in [0.5, 0.6) is 0 Å². The first-order valence-electron chi connectivity index (χ1n) is 10.7. The van der Waals surface area contributed by atoms with Gasteiger partial charge in [0.1, 0.15) is 0 Å². The molecule has 1 N–H and O–H groups in total. The molecule has 31 heavy (non-hydrogen) atoms. The molecule has 5 nitrogen and oxygen atoms in total. The molecule has 2 aromatic carbocycles. The molecule has 168 valence electrons. The zero-order valence-corrected chi connectivity index (χ0v) is 20.2. The second-order valence-corrected chi connectivity index (χ2v) is 11.0. The number of sulfonamides is 1. The summed E-state index contributed by atoms with van der Waals surface area (Å²) in [4.78, 5) is 12.8. The number of rotatable bonds is 6. The summed E-state index contributed by atoms with van der Waals surface area (Å²) in [5.74, 6) is -0.222. The van der Waals surface area contributed by atoms with Crippen molar-refractivity contribution in [2.45, 2.75) is 52.3 Å². The normalized spacial score (nSPS) is 16.8. The van der Waals surface area contributed by atoms with Crippen molar-refractivity contribution in [3.63, 3.8) is 0 Å². The van der Waals surface area contributed by atoms with Crippen LogP contribution in [-0.2, 0) is 20.6 Å². The van der Waals surface area contributed by atoms with Crippen molar-refractivity contribution in [1.29, 1.82) is 0 Å². The van der Waals surface area contributed by atoms with E-state index in [0.29, 0.717) is 36.5 Å². The van der Waals surface area contributed by atoms with E-state index in [2.05, 4.69) is 38.2 Å². The van der Waals surface area contributed by atoms with Crippen LogP contribution in [0, 0.1) is 26.7 Å². The summed E-state index contributed by atoms with van der Waals surface area (Å²) in [5.41, 5.74) is 5.45. The number of amides is 1. The van der Waals surface area contributed by atoms with Gasteiger partial charge in [0.2, 0.25) is 15.9 Å². The molecule has 0 aromatic heterocycles. The number of nitrogens with one attached hydrogen (secondary N) is 1. The molecule has 1 aliphatic rings. The molecule has 0 aliphatic carbocycles. The summed E-state index contributed by atoms with van der Waals surface area (Å²) in [7, 11) is -3.42. The second kappa shape index (κ2) is 9.72. The van der Waals surface area contributed by atoms with Crippen molar-refractivity contribution < 1.29 is 13.2 Å². The minimum atomic E-state index is -3.42. The van der Waals surface area contributed by atoms with E-state index in [0.717, 1.165) is 5.56 Å². The number of hydrogen-bond acceptors (Lipinski definition) is 3. The lowest BCUT2D eigenvalue weighted by Crippen LogP contribution is -2.43. The smallest absolute Gasteiger partial charge is 0.223 e. The van der Waals surface area contributed by atoms with E-state index in [1.165, 1.54) is 21.0 Å². The number of nitrogens with zero attached hydrogens (tertiary/aromatic N) is 1. The fraction of sp³-hybridized carbons (Fsp3) is 0.458. The number of halogens is 1. The van der Waals surface area contributed by atoms with Gasteiger partial charge in [-0.1, -0.05) is 35.9 Å². The third-order valence-corrected chi connectivity index (χ3v) is 8.29. The van der Waals surface area contributed by atoms with Crippen molar-refractivity contribution >= 4 is 27.5 Å². The van der Waals surface area contributed by atoms with Gasteiger partial charge in [0, 0.05) is 24.0 Å². The number of carbonyl (C=O) groups is 1. The number of benzene rings is 2. The lowest BCUT2D eigenvalue weighted by Gasteiger charge is -2.31. The molecule has 0 saturated carbocycles. The Hall–Kier alpha value is -1.89. The van der Waals surface area contributed by atoms with E-state index in [-0.39, 0.29) is 23.6 Å². The van der Waals surface area contributed by atoms with Crippen LogP contribution in [-0.4, -0.2) is 31.7 Å². The molecule has 1 aliphatic heterocycles. The summed E-state index contributed by atoms with van der Waals surface area (Å²) >= 11 is 5.88. The van der Waals surface area contributed by atoms with E-state index >= 15 is 0 Å². The summed E-state index contributed by atoms with van der Waals surface area (Å²) in [6.45, 7) is 8.96. The summed E-state index contributed by atoms with van der Waals surface area (Å²) < 4.78 is 27.0. The molecule has 0 spiro atoms. The predicted molar refractivity (Wildman–Crippen MR) is 126 cm³/mol. The molecule has 0 radical (unpaired) electrons. The SMILES string of the molecule is Cc1cc(C)c([C@H](C)NC(=O)C2CCN(S(=O)(=O)Cc3ccc(Cl)cc3)CC2)cc1C. The lowest BCUT2D eigenvalue weighted by molar-refractivity contribution is -0.126. The van der Waals surface area contributed by atoms with Crippen LogP contribution in [0.2, 0.25) is 5.02 Å². The van der Waals surface area contributed by atoms with Crippen LogP contribution in [0.25, 0.3) is 0 Å². The van der Waals surface area contributed by atoms with Crippen LogP contribution in [0.1, 0.15) is 53.6 Å². The van der Waals surface area contributed by atoms with Gasteiger partial charge in [-0.15, -0.1) is 0 Å². The van der Waals surface area contributed by atoms with E-state index in [1.807, 2.05) is 6.92 Å². The van der Waals surface area contributed by atoms with Crippen LogP contribution in [0.4, 0.5) is 0 Å². The Kier molecular flexibility index (Phi) is 7.45. The molecule has 1 amide bonds. The van der Waals surface area contributed by atoms with Crippen molar-refractivity contribution in [1.82, 2.24) is 9.62 Å². The lowest BCUT2D eigenvalue weighted by atomic mass is 9.94. The highest BCUT2D eigenvalue weighted by molar-refractivity contribution is 7.88. The molecule has 1 saturated heterocycles. The maximum atomic E-state index is 12.8. The first-order valence-corrected chi connectivity index (χ1v) is 12.7. The van der Waals surface area contributed by atoms with Crippen molar-refractivity contribution in [2.24, 2.45) is 5.92 Å². The van der Waals surface area contributed by atoms with Gasteiger partial charge in [-0.2, -0.15) is 0 Å². The molecule has 7 heteroatoms. The van der Waals surface area contributed by atoms with E-state index in [4.69, 9.17) is 11.6 Å². The second-order valence-electron chi connectivity index (χ2n) is 8.58. The number of hydrogen-bond donors (Lipinski definition) is 1. The largest absolute Gasteiger partial charge is 0.349 e. The maximum absolute atomic E-state index is 12.8. The van der Waals surface area contributed by atoms with E-state index in [1.54, 1.807) is 24.3 Å². The number of carbonyl (C=O) groups excluding carboxylic acids is 1. The van der Waals surface area contributed by atoms with Crippen molar-refractivity contribution in [2.75, 3.05) is 13.1 Å². The average molecular weight is 463 g/mol. The Morgan fingerprint density at radius 2 is 1.65 bits per heavy atom. The van der Waals surface area contributed by atoms with Crippen LogP contribution < -0.4 is 5.32 Å². The van der Waals surface area contributed by atoms with Gasteiger partial charge in [-0.05, 0) is 80.5 Å². The topological polar surface area (TPSA) is 66.5 Å². The highest BCUT2D eigenvalue weighted by Crippen LogP contribution is 2.25. The average Bonchev–Trinajstić information content (AvgIpc) is 2.72. The Morgan fingerprint density at radius 3 is 2.26 bits per heavy atom. The third-order valence-electron chi connectivity index (χ3n) is 6.19. The van der Waals surface area contributed by atoms with Gasteiger partial charge in [-0.25, -0.2) is 12.7 Å². The monoisotopic (exact) mass is 462 g/mol. The molecule has 0 bridgehead atoms. The Bertz CT molecular complexity index is 1040. The highest BCUT2D eigenvalue weighted by Gasteiger charge is 2.31. The van der Waals surface area contributed by atoms with Crippen molar-refractivity contribution in [3.8, 4) is 0 Å². The summed E-state index contributed by atoms with van der Waals surface area (Å²) in [5, 5.41) is 3.71.